The van der Waals surface area contributed by atoms with Gasteiger partial charge in [0, 0.05) is 17.6 Å². The van der Waals surface area contributed by atoms with E-state index in [-0.39, 0.29) is 24.4 Å². The summed E-state index contributed by atoms with van der Waals surface area (Å²) in [5.74, 6) is -0.960. The van der Waals surface area contributed by atoms with Crippen LogP contribution in [0.15, 0.2) is 24.3 Å². The minimum Gasteiger partial charge on any atom is -0.352 e. The van der Waals surface area contributed by atoms with E-state index in [9.17, 15) is 14.0 Å². The Hall–Kier alpha value is -1.95. The lowest BCUT2D eigenvalue weighted by atomic mass is 9.90. The summed E-state index contributed by atoms with van der Waals surface area (Å²) in [6, 6.07) is 6.00. The first-order chi connectivity index (χ1) is 11.0. The van der Waals surface area contributed by atoms with E-state index < -0.39 is 5.82 Å². The molecule has 0 saturated heterocycles. The molecule has 0 atom stereocenters. The standard InChI is InChI=1S/C17H24FN3O2/c1-21(2)15-9-7-14(8-10-15)20-16(22)11-19-17(23)12-3-5-13(18)6-4-12/h3-6,14-15H,7-11H2,1-2H3,(H,19,23)(H,20,22). The number of benzene rings is 1. The minimum absolute atomic E-state index is 0.0657. The van der Waals surface area contributed by atoms with Gasteiger partial charge in [-0.15, -0.1) is 0 Å². The van der Waals surface area contributed by atoms with Gasteiger partial charge in [-0.2, -0.15) is 0 Å². The van der Waals surface area contributed by atoms with E-state index in [4.69, 9.17) is 0 Å². The summed E-state index contributed by atoms with van der Waals surface area (Å²) in [5.41, 5.74) is 0.339. The van der Waals surface area contributed by atoms with Gasteiger partial charge in [-0.1, -0.05) is 0 Å². The summed E-state index contributed by atoms with van der Waals surface area (Å²) < 4.78 is 12.8. The molecule has 1 aliphatic rings. The van der Waals surface area contributed by atoms with Crippen LogP contribution in [0.2, 0.25) is 0 Å². The molecule has 2 rings (SSSR count). The number of nitrogens with one attached hydrogen (secondary N) is 2. The van der Waals surface area contributed by atoms with Crippen LogP contribution in [0.3, 0.4) is 0 Å². The third-order valence-electron chi connectivity index (χ3n) is 4.31. The van der Waals surface area contributed by atoms with Gasteiger partial charge in [-0.05, 0) is 64.0 Å². The maximum Gasteiger partial charge on any atom is 0.251 e. The first-order valence-corrected chi connectivity index (χ1v) is 7.95. The monoisotopic (exact) mass is 321 g/mol. The highest BCUT2D eigenvalue weighted by molar-refractivity contribution is 5.96. The highest BCUT2D eigenvalue weighted by atomic mass is 19.1. The van der Waals surface area contributed by atoms with Gasteiger partial charge in [0.25, 0.3) is 5.91 Å². The van der Waals surface area contributed by atoms with Gasteiger partial charge in [0.15, 0.2) is 0 Å². The SMILES string of the molecule is CN(C)C1CCC(NC(=O)CNC(=O)c2ccc(F)cc2)CC1. The van der Waals surface area contributed by atoms with Crippen molar-refractivity contribution in [2.24, 2.45) is 0 Å². The van der Waals surface area contributed by atoms with Crippen LogP contribution in [0.4, 0.5) is 4.39 Å². The summed E-state index contributed by atoms with van der Waals surface area (Å²) >= 11 is 0. The summed E-state index contributed by atoms with van der Waals surface area (Å²) in [5, 5.41) is 5.52. The quantitative estimate of drug-likeness (QED) is 0.865. The van der Waals surface area contributed by atoms with E-state index in [0.29, 0.717) is 11.6 Å². The van der Waals surface area contributed by atoms with Crippen molar-refractivity contribution in [3.63, 3.8) is 0 Å². The number of halogens is 1. The number of carbonyl (C=O) groups excluding carboxylic acids is 2. The molecule has 1 saturated carbocycles. The van der Waals surface area contributed by atoms with E-state index in [1.165, 1.54) is 24.3 Å². The fraction of sp³-hybridized carbons (Fsp3) is 0.529. The Morgan fingerprint density at radius 2 is 1.74 bits per heavy atom. The molecular formula is C17H24FN3O2. The molecule has 0 aromatic heterocycles. The van der Waals surface area contributed by atoms with Gasteiger partial charge in [0.2, 0.25) is 5.91 Å². The van der Waals surface area contributed by atoms with E-state index in [1.807, 2.05) is 0 Å². The molecule has 126 valence electrons. The molecule has 0 unspecified atom stereocenters. The van der Waals surface area contributed by atoms with Crippen LogP contribution < -0.4 is 10.6 Å². The fourth-order valence-corrected chi connectivity index (χ4v) is 2.88. The van der Waals surface area contributed by atoms with Crippen LogP contribution in [0.25, 0.3) is 0 Å². The molecule has 1 aliphatic carbocycles. The largest absolute Gasteiger partial charge is 0.352 e. The van der Waals surface area contributed by atoms with Gasteiger partial charge in [-0.3, -0.25) is 9.59 Å². The zero-order valence-electron chi connectivity index (χ0n) is 13.6. The Morgan fingerprint density at radius 3 is 2.30 bits per heavy atom. The average molecular weight is 321 g/mol. The first kappa shape index (κ1) is 17.4. The Kier molecular flexibility index (Phi) is 6.10. The second-order valence-corrected chi connectivity index (χ2v) is 6.23. The van der Waals surface area contributed by atoms with Crippen molar-refractivity contribution in [3.05, 3.63) is 35.6 Å². The van der Waals surface area contributed by atoms with Gasteiger partial charge in [0.05, 0.1) is 6.54 Å². The number of carbonyl (C=O) groups is 2. The maximum atomic E-state index is 12.8. The predicted molar refractivity (Wildman–Crippen MR) is 86.6 cm³/mol. The highest BCUT2D eigenvalue weighted by Gasteiger charge is 2.23. The topological polar surface area (TPSA) is 61.4 Å². The van der Waals surface area contributed by atoms with Crippen molar-refractivity contribution in [1.82, 2.24) is 15.5 Å². The summed E-state index contributed by atoms with van der Waals surface area (Å²) in [6.07, 6.45) is 4.06. The molecule has 2 N–H and O–H groups in total. The Bertz CT molecular complexity index is 537. The van der Waals surface area contributed by atoms with Crippen LogP contribution >= 0.6 is 0 Å². The van der Waals surface area contributed by atoms with E-state index in [0.717, 1.165) is 25.7 Å². The minimum atomic E-state index is -0.396. The predicted octanol–water partition coefficient (Wildman–Crippen LogP) is 1.54. The van der Waals surface area contributed by atoms with Gasteiger partial charge in [0.1, 0.15) is 5.82 Å². The summed E-state index contributed by atoms with van der Waals surface area (Å²) in [4.78, 5) is 26.0. The van der Waals surface area contributed by atoms with Gasteiger partial charge < -0.3 is 15.5 Å². The number of hydrogen-bond acceptors (Lipinski definition) is 3. The highest BCUT2D eigenvalue weighted by Crippen LogP contribution is 2.21. The molecule has 23 heavy (non-hydrogen) atoms. The molecular weight excluding hydrogens is 297 g/mol. The smallest absolute Gasteiger partial charge is 0.251 e. The van der Waals surface area contributed by atoms with Crippen molar-refractivity contribution in [2.75, 3.05) is 20.6 Å². The van der Waals surface area contributed by atoms with Crippen molar-refractivity contribution >= 4 is 11.8 Å². The molecule has 0 bridgehead atoms. The zero-order chi connectivity index (χ0) is 16.8. The van der Waals surface area contributed by atoms with Crippen molar-refractivity contribution in [3.8, 4) is 0 Å². The van der Waals surface area contributed by atoms with Gasteiger partial charge >= 0.3 is 0 Å². The number of amides is 2. The van der Waals surface area contributed by atoms with E-state index in [1.54, 1.807) is 0 Å². The summed E-state index contributed by atoms with van der Waals surface area (Å²) in [7, 11) is 4.16. The van der Waals surface area contributed by atoms with Crippen LogP contribution in [-0.4, -0.2) is 49.4 Å². The third kappa shape index (κ3) is 5.32. The second-order valence-electron chi connectivity index (χ2n) is 6.23. The lowest BCUT2D eigenvalue weighted by Gasteiger charge is -2.32. The second kappa shape index (κ2) is 8.06. The number of rotatable bonds is 5. The Morgan fingerprint density at radius 1 is 1.13 bits per heavy atom. The number of nitrogens with zero attached hydrogens (tertiary/aromatic N) is 1. The third-order valence-corrected chi connectivity index (χ3v) is 4.31. The molecule has 0 radical (unpaired) electrons. The number of hydrogen-bond donors (Lipinski definition) is 2. The molecule has 1 aromatic carbocycles. The molecule has 6 heteroatoms. The Balaban J connectivity index is 1.71. The van der Waals surface area contributed by atoms with Crippen molar-refractivity contribution in [1.29, 1.82) is 0 Å². The van der Waals surface area contributed by atoms with Crippen molar-refractivity contribution in [2.45, 2.75) is 37.8 Å². The van der Waals surface area contributed by atoms with E-state index in [2.05, 4.69) is 29.6 Å². The normalized spacial score (nSPS) is 21.0. The molecule has 1 fully saturated rings. The van der Waals surface area contributed by atoms with Crippen molar-refractivity contribution < 1.29 is 14.0 Å². The molecule has 5 nitrogen and oxygen atoms in total. The average Bonchev–Trinajstić information content (AvgIpc) is 2.54. The molecule has 1 aromatic rings. The van der Waals surface area contributed by atoms with Gasteiger partial charge in [-0.25, -0.2) is 4.39 Å². The summed E-state index contributed by atoms with van der Waals surface area (Å²) in [6.45, 7) is -0.0657. The zero-order valence-corrected chi connectivity index (χ0v) is 13.6. The molecule has 0 aliphatic heterocycles. The molecule has 0 heterocycles. The first-order valence-electron chi connectivity index (χ1n) is 7.95. The molecule has 2 amide bonds. The van der Waals surface area contributed by atoms with Crippen LogP contribution in [0.5, 0.6) is 0 Å². The maximum absolute atomic E-state index is 12.8. The van der Waals surface area contributed by atoms with Crippen LogP contribution in [-0.2, 0) is 4.79 Å². The Labute approximate surface area is 136 Å². The fourth-order valence-electron chi connectivity index (χ4n) is 2.88. The van der Waals surface area contributed by atoms with E-state index >= 15 is 0 Å². The van der Waals surface area contributed by atoms with Crippen LogP contribution in [0, 0.1) is 5.82 Å². The lowest BCUT2D eigenvalue weighted by Crippen LogP contribution is -2.45. The van der Waals surface area contributed by atoms with Crippen LogP contribution in [0.1, 0.15) is 36.0 Å². The lowest BCUT2D eigenvalue weighted by molar-refractivity contribution is -0.121. The molecule has 0 spiro atoms.